The smallest absolute Gasteiger partial charge is 0.224 e. The summed E-state index contributed by atoms with van der Waals surface area (Å²) in [6.45, 7) is 3.58. The number of carboxylic acids is 1. The number of benzene rings is 1. The molecule has 6 nitrogen and oxygen atoms in total. The monoisotopic (exact) mass is 329 g/mol. The fraction of sp³-hybridized carbons (Fsp3) is 0.444. The molecule has 0 aliphatic carbocycles. The fourth-order valence-corrected chi connectivity index (χ4v) is 3.37. The van der Waals surface area contributed by atoms with Gasteiger partial charge in [0.25, 0.3) is 0 Å². The first kappa shape index (κ1) is 16.5. The number of nitrogens with zero attached hydrogens (tertiary/aromatic N) is 1. The van der Waals surface area contributed by atoms with E-state index in [-0.39, 0.29) is 24.1 Å². The van der Waals surface area contributed by atoms with Crippen LogP contribution < -0.4 is 10.4 Å². The van der Waals surface area contributed by atoms with Gasteiger partial charge in [-0.15, -0.1) is 0 Å². The van der Waals surface area contributed by atoms with Crippen LogP contribution in [-0.4, -0.2) is 35.7 Å². The maximum Gasteiger partial charge on any atom is 0.224 e. The number of carbonyl (C=O) groups is 2. The Morgan fingerprint density at radius 3 is 2.83 bits per heavy atom. The summed E-state index contributed by atoms with van der Waals surface area (Å²) in [6, 6.07) is 7.40. The van der Waals surface area contributed by atoms with Crippen molar-refractivity contribution in [3.63, 3.8) is 0 Å². The Morgan fingerprint density at radius 2 is 2.17 bits per heavy atom. The number of fused-ring (bicyclic) bond motifs is 1. The number of carbonyl (C=O) groups excluding carboxylic acids is 2. The number of nitrogens with one attached hydrogen (secondary N) is 1. The molecule has 24 heavy (non-hydrogen) atoms. The van der Waals surface area contributed by atoms with Gasteiger partial charge in [0.15, 0.2) is 0 Å². The third kappa shape index (κ3) is 3.14. The van der Waals surface area contributed by atoms with E-state index in [0.717, 1.165) is 30.4 Å². The number of para-hydroxylation sites is 1. The number of carboxylic acid groups (broad SMARTS) is 1. The summed E-state index contributed by atoms with van der Waals surface area (Å²) in [5, 5.41) is 15.3. The van der Waals surface area contributed by atoms with Crippen molar-refractivity contribution >= 4 is 22.8 Å². The lowest BCUT2D eigenvalue weighted by atomic mass is 10.1. The zero-order valence-corrected chi connectivity index (χ0v) is 13.7. The van der Waals surface area contributed by atoms with Gasteiger partial charge in [0.2, 0.25) is 5.91 Å². The van der Waals surface area contributed by atoms with Crippen LogP contribution in [0.15, 0.2) is 24.3 Å². The molecule has 1 atom stereocenters. The van der Waals surface area contributed by atoms with E-state index in [1.807, 2.05) is 31.2 Å². The van der Waals surface area contributed by atoms with Crippen LogP contribution in [0.1, 0.15) is 35.8 Å². The highest BCUT2D eigenvalue weighted by Gasteiger charge is 2.20. The molecule has 1 aromatic carbocycles. The van der Waals surface area contributed by atoms with Crippen molar-refractivity contribution in [2.75, 3.05) is 13.2 Å². The second-order valence-electron chi connectivity index (χ2n) is 5.99. The molecule has 0 saturated carbocycles. The Morgan fingerprint density at radius 1 is 1.38 bits per heavy atom. The zero-order valence-electron chi connectivity index (χ0n) is 13.7. The maximum absolute atomic E-state index is 12.3. The van der Waals surface area contributed by atoms with Gasteiger partial charge in [-0.2, -0.15) is 0 Å². The Balaban J connectivity index is 1.86. The minimum atomic E-state index is -1.25. The third-order valence-corrected chi connectivity index (χ3v) is 4.47. The Bertz CT molecular complexity index is 760. The molecule has 3 rings (SSSR count). The highest BCUT2D eigenvalue weighted by Crippen LogP contribution is 2.26. The standard InChI is InChI=1S/C18H22N2O4/c1-2-20-15-8-4-3-7-13(15)14(17(20)18(22)23)10-16(21)19-11-12-6-5-9-24-12/h3-4,7-8,12H,2,5-6,9-11H2,1H3,(H,19,21)(H,22,23)/p-1. The summed E-state index contributed by atoms with van der Waals surface area (Å²) < 4.78 is 7.17. The first-order valence-corrected chi connectivity index (χ1v) is 8.31. The lowest BCUT2D eigenvalue weighted by Crippen LogP contribution is -2.34. The SMILES string of the molecule is CCn1c(C(=O)[O-])c(CC(=O)NCC2CCCO2)c2ccccc21. The van der Waals surface area contributed by atoms with Gasteiger partial charge in [-0.1, -0.05) is 18.2 Å². The number of ether oxygens (including phenoxy) is 1. The van der Waals surface area contributed by atoms with E-state index in [4.69, 9.17) is 4.74 Å². The van der Waals surface area contributed by atoms with Gasteiger partial charge in [-0.25, -0.2) is 0 Å². The van der Waals surface area contributed by atoms with Crippen molar-refractivity contribution in [2.45, 2.75) is 38.8 Å². The molecular weight excluding hydrogens is 308 g/mol. The zero-order chi connectivity index (χ0) is 17.1. The van der Waals surface area contributed by atoms with Crippen LogP contribution in [0.2, 0.25) is 0 Å². The number of amides is 1. The molecule has 1 saturated heterocycles. The largest absolute Gasteiger partial charge is 0.543 e. The number of hydrogen-bond donors (Lipinski definition) is 1. The molecule has 0 bridgehead atoms. The minimum Gasteiger partial charge on any atom is -0.543 e. The summed E-state index contributed by atoms with van der Waals surface area (Å²) in [6.07, 6.45) is 2.04. The molecule has 1 unspecified atom stereocenters. The van der Waals surface area contributed by atoms with Gasteiger partial charge in [0.1, 0.15) is 0 Å². The van der Waals surface area contributed by atoms with Crippen molar-refractivity contribution in [3.8, 4) is 0 Å². The summed E-state index contributed by atoms with van der Waals surface area (Å²) >= 11 is 0. The highest BCUT2D eigenvalue weighted by atomic mass is 16.5. The Hall–Kier alpha value is -2.34. The van der Waals surface area contributed by atoms with Gasteiger partial charge >= 0.3 is 0 Å². The molecule has 1 aromatic heterocycles. The molecule has 1 N–H and O–H groups in total. The molecule has 0 spiro atoms. The molecule has 1 amide bonds. The average Bonchev–Trinajstić information content (AvgIpc) is 3.19. The van der Waals surface area contributed by atoms with Crippen LogP contribution in [0.3, 0.4) is 0 Å². The van der Waals surface area contributed by atoms with Gasteiger partial charge in [0, 0.05) is 30.6 Å². The molecule has 0 radical (unpaired) electrons. The van der Waals surface area contributed by atoms with Crippen molar-refractivity contribution < 1.29 is 19.4 Å². The summed E-state index contributed by atoms with van der Waals surface area (Å²) in [5.74, 6) is -1.46. The minimum absolute atomic E-state index is 0.0174. The molecule has 2 heterocycles. The number of aromatic nitrogens is 1. The first-order valence-electron chi connectivity index (χ1n) is 8.31. The number of rotatable bonds is 6. The van der Waals surface area contributed by atoms with Crippen molar-refractivity contribution in [2.24, 2.45) is 0 Å². The van der Waals surface area contributed by atoms with Crippen molar-refractivity contribution in [1.29, 1.82) is 0 Å². The second-order valence-corrected chi connectivity index (χ2v) is 5.99. The molecule has 1 fully saturated rings. The molecule has 1 aliphatic rings. The van der Waals surface area contributed by atoms with Crippen LogP contribution in [0.25, 0.3) is 10.9 Å². The van der Waals surface area contributed by atoms with E-state index < -0.39 is 5.97 Å². The van der Waals surface area contributed by atoms with Crippen LogP contribution in [-0.2, 0) is 22.5 Å². The van der Waals surface area contributed by atoms with Gasteiger partial charge < -0.3 is 24.5 Å². The molecule has 2 aromatic rings. The van der Waals surface area contributed by atoms with E-state index >= 15 is 0 Å². The van der Waals surface area contributed by atoms with Crippen LogP contribution >= 0.6 is 0 Å². The number of aryl methyl sites for hydroxylation is 1. The van der Waals surface area contributed by atoms with Crippen molar-refractivity contribution in [3.05, 3.63) is 35.5 Å². The summed E-state index contributed by atoms with van der Waals surface area (Å²) in [4.78, 5) is 23.9. The van der Waals surface area contributed by atoms with Crippen LogP contribution in [0, 0.1) is 0 Å². The van der Waals surface area contributed by atoms with E-state index in [9.17, 15) is 14.7 Å². The lowest BCUT2D eigenvalue weighted by molar-refractivity contribution is -0.255. The van der Waals surface area contributed by atoms with Gasteiger partial charge in [-0.05, 0) is 31.4 Å². The number of hydrogen-bond acceptors (Lipinski definition) is 4. The lowest BCUT2D eigenvalue weighted by Gasteiger charge is -2.13. The topological polar surface area (TPSA) is 83.4 Å². The van der Waals surface area contributed by atoms with Gasteiger partial charge in [-0.3, -0.25) is 4.79 Å². The quantitative estimate of drug-likeness (QED) is 0.852. The van der Waals surface area contributed by atoms with E-state index in [0.29, 0.717) is 18.7 Å². The summed E-state index contributed by atoms with van der Waals surface area (Å²) in [7, 11) is 0. The van der Waals surface area contributed by atoms with E-state index in [1.54, 1.807) is 4.57 Å². The predicted molar refractivity (Wildman–Crippen MR) is 87.6 cm³/mol. The van der Waals surface area contributed by atoms with Gasteiger partial charge in [0.05, 0.1) is 24.2 Å². The van der Waals surface area contributed by atoms with E-state index in [1.165, 1.54) is 0 Å². The fourth-order valence-electron chi connectivity index (χ4n) is 3.37. The molecule has 1 aliphatic heterocycles. The maximum atomic E-state index is 12.3. The predicted octanol–water partition coefficient (Wildman–Crippen LogP) is 0.862. The number of aromatic carboxylic acids is 1. The van der Waals surface area contributed by atoms with Crippen LogP contribution in [0.4, 0.5) is 0 Å². The van der Waals surface area contributed by atoms with Crippen LogP contribution in [0.5, 0.6) is 0 Å². The molecule has 6 heteroatoms. The third-order valence-electron chi connectivity index (χ3n) is 4.47. The Kier molecular flexibility index (Phi) is 4.85. The second kappa shape index (κ2) is 7.05. The normalized spacial score (nSPS) is 17.3. The summed E-state index contributed by atoms with van der Waals surface area (Å²) in [5.41, 5.74) is 1.41. The average molecular weight is 329 g/mol. The Labute approximate surface area is 140 Å². The van der Waals surface area contributed by atoms with Crippen molar-refractivity contribution in [1.82, 2.24) is 9.88 Å². The molecule has 128 valence electrons. The highest BCUT2D eigenvalue weighted by molar-refractivity contribution is 6.00. The molecular formula is C18H21N2O4-. The van der Waals surface area contributed by atoms with E-state index in [2.05, 4.69) is 5.32 Å². The first-order chi connectivity index (χ1) is 11.6.